The Kier molecular flexibility index (Phi) is 4.50. The molecule has 1 aliphatic rings. The van der Waals surface area contributed by atoms with Gasteiger partial charge in [-0.1, -0.05) is 12.1 Å². The van der Waals surface area contributed by atoms with E-state index in [1.54, 1.807) is 17.0 Å². The third-order valence-electron chi connectivity index (χ3n) is 3.64. The minimum Gasteiger partial charge on any atom is -0.340 e. The Balaban J connectivity index is 2.14. The highest BCUT2D eigenvalue weighted by Crippen LogP contribution is 2.24. The van der Waals surface area contributed by atoms with Gasteiger partial charge in [0.05, 0.1) is 11.0 Å². The second kappa shape index (κ2) is 6.33. The summed E-state index contributed by atoms with van der Waals surface area (Å²) in [5.74, 6) is 0.0264. The number of nitro benzene ring substituents is 1. The number of nitro groups is 1. The number of benzene rings is 1. The van der Waals surface area contributed by atoms with Crippen molar-refractivity contribution in [1.29, 1.82) is 5.26 Å². The molecule has 21 heavy (non-hydrogen) atoms. The molecule has 1 amide bonds. The van der Waals surface area contributed by atoms with Crippen LogP contribution in [0.1, 0.15) is 18.5 Å². The molecule has 0 aromatic heterocycles. The molecule has 1 heterocycles. The van der Waals surface area contributed by atoms with Gasteiger partial charge < -0.3 is 4.90 Å². The second-order valence-corrected chi connectivity index (χ2v) is 4.93. The predicted molar refractivity (Wildman–Crippen MR) is 75.3 cm³/mol. The maximum Gasteiger partial charge on any atom is 0.269 e. The third kappa shape index (κ3) is 3.35. The average Bonchev–Trinajstić information content (AvgIpc) is 2.49. The van der Waals surface area contributed by atoms with Crippen molar-refractivity contribution >= 4 is 11.6 Å². The first-order chi connectivity index (χ1) is 10.0. The fourth-order valence-corrected chi connectivity index (χ4v) is 2.47. The minimum atomic E-state index is -0.529. The van der Waals surface area contributed by atoms with Gasteiger partial charge in [-0.2, -0.15) is 5.26 Å². The molecule has 1 aromatic rings. The van der Waals surface area contributed by atoms with Crippen LogP contribution in [0.25, 0.3) is 0 Å². The average molecular weight is 288 g/mol. The summed E-state index contributed by atoms with van der Waals surface area (Å²) in [7, 11) is 0. The summed E-state index contributed by atoms with van der Waals surface area (Å²) in [5, 5.41) is 20.2. The van der Waals surface area contributed by atoms with Crippen LogP contribution in [0.15, 0.2) is 24.3 Å². The molecule has 0 N–H and O–H groups in total. The SMILES string of the molecule is CC(=O)N1CCN(C(C#N)c2cccc([N+](=O)[O-])c2)CC1. The summed E-state index contributed by atoms with van der Waals surface area (Å²) in [6, 6.07) is 7.82. The number of carbonyl (C=O) groups excluding carboxylic acids is 1. The summed E-state index contributed by atoms with van der Waals surface area (Å²) < 4.78 is 0. The highest BCUT2D eigenvalue weighted by molar-refractivity contribution is 5.73. The van der Waals surface area contributed by atoms with Crippen molar-refractivity contribution in [3.05, 3.63) is 39.9 Å². The number of piperazine rings is 1. The van der Waals surface area contributed by atoms with Gasteiger partial charge in [0.2, 0.25) is 5.91 Å². The van der Waals surface area contributed by atoms with Gasteiger partial charge in [0.1, 0.15) is 6.04 Å². The van der Waals surface area contributed by atoms with Crippen LogP contribution in [0.2, 0.25) is 0 Å². The molecule has 2 rings (SSSR count). The summed E-state index contributed by atoms with van der Waals surface area (Å²) in [6.07, 6.45) is 0. The van der Waals surface area contributed by atoms with Crippen molar-refractivity contribution in [2.75, 3.05) is 26.2 Å². The van der Waals surface area contributed by atoms with E-state index >= 15 is 0 Å². The lowest BCUT2D eigenvalue weighted by Crippen LogP contribution is -2.48. The Hall–Kier alpha value is -2.46. The first-order valence-corrected chi connectivity index (χ1v) is 6.66. The number of nitriles is 1. The number of hydrogen-bond donors (Lipinski definition) is 0. The van der Waals surface area contributed by atoms with Gasteiger partial charge in [-0.3, -0.25) is 19.8 Å². The third-order valence-corrected chi connectivity index (χ3v) is 3.64. The molecule has 1 fully saturated rings. The fourth-order valence-electron chi connectivity index (χ4n) is 2.47. The van der Waals surface area contributed by atoms with Gasteiger partial charge in [-0.15, -0.1) is 0 Å². The van der Waals surface area contributed by atoms with Gasteiger partial charge in [-0.25, -0.2) is 0 Å². The highest BCUT2D eigenvalue weighted by Gasteiger charge is 2.26. The van der Waals surface area contributed by atoms with Crippen LogP contribution < -0.4 is 0 Å². The number of non-ortho nitro benzene ring substituents is 1. The van der Waals surface area contributed by atoms with Crippen molar-refractivity contribution in [2.45, 2.75) is 13.0 Å². The molecule has 0 saturated carbocycles. The Morgan fingerprint density at radius 3 is 2.57 bits per heavy atom. The summed E-state index contributed by atoms with van der Waals surface area (Å²) in [4.78, 5) is 25.3. The zero-order valence-electron chi connectivity index (χ0n) is 11.7. The molecule has 0 radical (unpaired) electrons. The zero-order chi connectivity index (χ0) is 15.4. The Labute approximate surface area is 122 Å². The molecule has 7 nitrogen and oxygen atoms in total. The summed E-state index contributed by atoms with van der Waals surface area (Å²) in [5.41, 5.74) is 0.595. The predicted octanol–water partition coefficient (Wildman–Crippen LogP) is 1.32. The van der Waals surface area contributed by atoms with Crippen LogP contribution in [0.4, 0.5) is 5.69 Å². The van der Waals surface area contributed by atoms with E-state index in [2.05, 4.69) is 6.07 Å². The molecule has 0 aliphatic carbocycles. The molecule has 1 aromatic carbocycles. The number of nitrogens with zero attached hydrogens (tertiary/aromatic N) is 4. The van der Waals surface area contributed by atoms with E-state index in [9.17, 15) is 20.2 Å². The summed E-state index contributed by atoms with van der Waals surface area (Å²) >= 11 is 0. The molecule has 7 heteroatoms. The second-order valence-electron chi connectivity index (χ2n) is 4.93. The standard InChI is InChI=1S/C14H16N4O3/c1-11(19)16-5-7-17(8-6-16)14(10-15)12-3-2-4-13(9-12)18(20)21/h2-4,9,14H,5-8H2,1H3. The van der Waals surface area contributed by atoms with Crippen LogP contribution in [0, 0.1) is 21.4 Å². The van der Waals surface area contributed by atoms with Gasteiger partial charge in [-0.05, 0) is 5.56 Å². The lowest BCUT2D eigenvalue weighted by Gasteiger charge is -2.36. The van der Waals surface area contributed by atoms with Crippen molar-refractivity contribution < 1.29 is 9.72 Å². The van der Waals surface area contributed by atoms with Crippen molar-refractivity contribution in [1.82, 2.24) is 9.80 Å². The molecular weight excluding hydrogens is 272 g/mol. The van der Waals surface area contributed by atoms with Crippen LogP contribution in [-0.2, 0) is 4.79 Å². The van der Waals surface area contributed by atoms with Crippen molar-refractivity contribution in [3.8, 4) is 6.07 Å². The van der Waals surface area contributed by atoms with Crippen molar-refractivity contribution in [3.63, 3.8) is 0 Å². The van der Waals surface area contributed by atoms with Gasteiger partial charge >= 0.3 is 0 Å². The quantitative estimate of drug-likeness (QED) is 0.618. The first kappa shape index (κ1) is 14.9. The topological polar surface area (TPSA) is 90.5 Å². The highest BCUT2D eigenvalue weighted by atomic mass is 16.6. The van der Waals surface area contributed by atoms with Crippen LogP contribution in [0.3, 0.4) is 0 Å². The number of hydrogen-bond acceptors (Lipinski definition) is 5. The molecule has 1 atom stereocenters. The maximum absolute atomic E-state index is 11.3. The molecule has 1 saturated heterocycles. The lowest BCUT2D eigenvalue weighted by atomic mass is 10.0. The normalized spacial score (nSPS) is 17.0. The van der Waals surface area contributed by atoms with Crippen molar-refractivity contribution in [2.24, 2.45) is 0 Å². The van der Waals surface area contributed by atoms with E-state index in [4.69, 9.17) is 0 Å². The Morgan fingerprint density at radius 1 is 1.38 bits per heavy atom. The van der Waals surface area contributed by atoms with E-state index in [-0.39, 0.29) is 11.6 Å². The van der Waals surface area contributed by atoms with Gasteiger partial charge in [0, 0.05) is 45.2 Å². The lowest BCUT2D eigenvalue weighted by molar-refractivity contribution is -0.384. The molecule has 1 aliphatic heterocycles. The molecule has 0 spiro atoms. The number of amides is 1. The number of carbonyl (C=O) groups is 1. The van der Waals surface area contributed by atoms with E-state index < -0.39 is 11.0 Å². The maximum atomic E-state index is 11.3. The van der Waals surface area contributed by atoms with Crippen LogP contribution in [-0.4, -0.2) is 46.8 Å². The Bertz CT molecular complexity index is 588. The van der Waals surface area contributed by atoms with Crippen LogP contribution >= 0.6 is 0 Å². The molecule has 110 valence electrons. The van der Waals surface area contributed by atoms with E-state index in [1.807, 2.05) is 4.90 Å². The van der Waals surface area contributed by atoms with Gasteiger partial charge in [0.15, 0.2) is 0 Å². The van der Waals surface area contributed by atoms with E-state index in [0.717, 1.165) is 0 Å². The summed E-state index contributed by atoms with van der Waals surface area (Å²) in [6.45, 7) is 3.84. The fraction of sp³-hybridized carbons (Fsp3) is 0.429. The Morgan fingerprint density at radius 2 is 2.05 bits per heavy atom. The molecular formula is C14H16N4O3. The van der Waals surface area contributed by atoms with E-state index in [1.165, 1.54) is 19.1 Å². The molecule has 1 unspecified atom stereocenters. The van der Waals surface area contributed by atoms with Gasteiger partial charge in [0.25, 0.3) is 5.69 Å². The van der Waals surface area contributed by atoms with E-state index in [0.29, 0.717) is 31.7 Å². The monoisotopic (exact) mass is 288 g/mol. The largest absolute Gasteiger partial charge is 0.340 e. The van der Waals surface area contributed by atoms with Crippen LogP contribution in [0.5, 0.6) is 0 Å². The zero-order valence-corrected chi connectivity index (χ0v) is 11.7. The first-order valence-electron chi connectivity index (χ1n) is 6.66. The minimum absolute atomic E-state index is 0.0184. The molecule has 0 bridgehead atoms. The number of rotatable bonds is 3. The smallest absolute Gasteiger partial charge is 0.269 e.